The molecule has 3 nitrogen and oxygen atoms in total. The molecule has 1 aromatic carbocycles. The summed E-state index contributed by atoms with van der Waals surface area (Å²) in [5, 5.41) is 1.04. The number of pyridine rings is 1. The molecule has 15 heavy (non-hydrogen) atoms. The zero-order chi connectivity index (χ0) is 10.8. The van der Waals surface area contributed by atoms with Gasteiger partial charge >= 0.3 is 0 Å². The largest absolute Gasteiger partial charge is 0.489 e. The van der Waals surface area contributed by atoms with Crippen molar-refractivity contribution in [3.05, 3.63) is 30.3 Å². The molecule has 0 aliphatic rings. The third-order valence-corrected chi connectivity index (χ3v) is 2.07. The standard InChI is InChI=1S/C12H14N2O/c1-8(2)15-10-5-3-4-9-6-7-11(13)14-12(9)10/h3-8H,1-2H3,(H2,13,14). The summed E-state index contributed by atoms with van der Waals surface area (Å²) in [6.45, 7) is 3.98. The topological polar surface area (TPSA) is 48.1 Å². The molecule has 0 bridgehead atoms. The molecule has 0 aliphatic heterocycles. The van der Waals surface area contributed by atoms with Crippen LogP contribution in [-0.4, -0.2) is 11.1 Å². The van der Waals surface area contributed by atoms with Gasteiger partial charge in [-0.05, 0) is 32.0 Å². The predicted octanol–water partition coefficient (Wildman–Crippen LogP) is 2.60. The molecule has 0 spiro atoms. The average molecular weight is 202 g/mol. The van der Waals surface area contributed by atoms with E-state index < -0.39 is 0 Å². The van der Waals surface area contributed by atoms with Gasteiger partial charge in [0.25, 0.3) is 0 Å². The number of anilines is 1. The number of hydrogen-bond acceptors (Lipinski definition) is 3. The van der Waals surface area contributed by atoms with Crippen LogP contribution in [-0.2, 0) is 0 Å². The van der Waals surface area contributed by atoms with E-state index in [4.69, 9.17) is 10.5 Å². The average Bonchev–Trinajstić information content (AvgIpc) is 2.18. The number of nitrogens with zero attached hydrogens (tertiary/aromatic N) is 1. The Balaban J connectivity index is 2.58. The molecule has 78 valence electrons. The van der Waals surface area contributed by atoms with E-state index >= 15 is 0 Å². The number of benzene rings is 1. The maximum Gasteiger partial charge on any atom is 0.145 e. The quantitative estimate of drug-likeness (QED) is 0.814. The second-order valence-corrected chi connectivity index (χ2v) is 3.73. The van der Waals surface area contributed by atoms with Gasteiger partial charge in [0.1, 0.15) is 17.1 Å². The number of aromatic nitrogens is 1. The minimum atomic E-state index is 0.138. The molecule has 1 aromatic heterocycles. The van der Waals surface area contributed by atoms with Crippen LogP contribution in [0.5, 0.6) is 5.75 Å². The number of nitrogens with two attached hydrogens (primary N) is 1. The van der Waals surface area contributed by atoms with Gasteiger partial charge in [0, 0.05) is 5.39 Å². The van der Waals surface area contributed by atoms with Crippen molar-refractivity contribution in [3.8, 4) is 5.75 Å². The van der Waals surface area contributed by atoms with Crippen molar-refractivity contribution in [3.63, 3.8) is 0 Å². The summed E-state index contributed by atoms with van der Waals surface area (Å²) in [6, 6.07) is 9.61. The predicted molar refractivity (Wildman–Crippen MR) is 61.9 cm³/mol. The molecule has 0 saturated carbocycles. The molecule has 1 heterocycles. The zero-order valence-corrected chi connectivity index (χ0v) is 8.90. The normalized spacial score (nSPS) is 10.9. The van der Waals surface area contributed by atoms with Crippen LogP contribution < -0.4 is 10.5 Å². The molecule has 0 radical (unpaired) electrons. The summed E-state index contributed by atoms with van der Waals surface area (Å²) in [4.78, 5) is 4.28. The van der Waals surface area contributed by atoms with E-state index in [0.29, 0.717) is 5.82 Å². The van der Waals surface area contributed by atoms with E-state index in [1.807, 2.05) is 38.1 Å². The fraction of sp³-hybridized carbons (Fsp3) is 0.250. The number of para-hydroxylation sites is 1. The van der Waals surface area contributed by atoms with Crippen LogP contribution in [0.25, 0.3) is 10.9 Å². The van der Waals surface area contributed by atoms with Gasteiger partial charge in [-0.2, -0.15) is 0 Å². The summed E-state index contributed by atoms with van der Waals surface area (Å²) in [5.74, 6) is 1.30. The lowest BCUT2D eigenvalue weighted by atomic mass is 10.2. The number of fused-ring (bicyclic) bond motifs is 1. The minimum absolute atomic E-state index is 0.138. The lowest BCUT2D eigenvalue weighted by Crippen LogP contribution is -2.06. The zero-order valence-electron chi connectivity index (χ0n) is 8.90. The van der Waals surface area contributed by atoms with Crippen molar-refractivity contribution in [1.82, 2.24) is 4.98 Å². The smallest absolute Gasteiger partial charge is 0.145 e. The Labute approximate surface area is 88.9 Å². The van der Waals surface area contributed by atoms with Crippen molar-refractivity contribution in [2.75, 3.05) is 5.73 Å². The van der Waals surface area contributed by atoms with Crippen LogP contribution in [0.3, 0.4) is 0 Å². The van der Waals surface area contributed by atoms with Crippen molar-refractivity contribution in [2.45, 2.75) is 20.0 Å². The van der Waals surface area contributed by atoms with Crippen LogP contribution in [0.4, 0.5) is 5.82 Å². The van der Waals surface area contributed by atoms with Crippen molar-refractivity contribution in [2.24, 2.45) is 0 Å². The van der Waals surface area contributed by atoms with Gasteiger partial charge in [-0.3, -0.25) is 0 Å². The molecule has 2 N–H and O–H groups in total. The van der Waals surface area contributed by atoms with Crippen LogP contribution in [0.15, 0.2) is 30.3 Å². The van der Waals surface area contributed by atoms with E-state index in [0.717, 1.165) is 16.7 Å². The van der Waals surface area contributed by atoms with Crippen LogP contribution in [0.2, 0.25) is 0 Å². The molecular weight excluding hydrogens is 188 g/mol. The summed E-state index contributed by atoms with van der Waals surface area (Å²) < 4.78 is 5.66. The van der Waals surface area contributed by atoms with Crippen molar-refractivity contribution < 1.29 is 4.74 Å². The molecule has 0 aliphatic carbocycles. The highest BCUT2D eigenvalue weighted by molar-refractivity contribution is 5.85. The first-order chi connectivity index (χ1) is 7.16. The third kappa shape index (κ3) is 2.01. The highest BCUT2D eigenvalue weighted by Gasteiger charge is 2.05. The van der Waals surface area contributed by atoms with Gasteiger partial charge < -0.3 is 10.5 Å². The maximum absolute atomic E-state index is 5.66. The number of hydrogen-bond donors (Lipinski definition) is 1. The lowest BCUT2D eigenvalue weighted by Gasteiger charge is -2.11. The number of ether oxygens (including phenoxy) is 1. The van der Waals surface area contributed by atoms with Gasteiger partial charge in [-0.15, -0.1) is 0 Å². The first kappa shape index (κ1) is 9.77. The summed E-state index contributed by atoms with van der Waals surface area (Å²) in [6.07, 6.45) is 0.138. The Morgan fingerprint density at radius 1 is 1.20 bits per heavy atom. The fourth-order valence-corrected chi connectivity index (χ4v) is 1.48. The molecule has 2 aromatic rings. The summed E-state index contributed by atoms with van der Waals surface area (Å²) >= 11 is 0. The third-order valence-electron chi connectivity index (χ3n) is 2.07. The van der Waals surface area contributed by atoms with Gasteiger partial charge in [-0.1, -0.05) is 12.1 Å². The van der Waals surface area contributed by atoms with E-state index in [9.17, 15) is 0 Å². The summed E-state index contributed by atoms with van der Waals surface area (Å²) in [7, 11) is 0. The summed E-state index contributed by atoms with van der Waals surface area (Å²) in [5.41, 5.74) is 6.48. The minimum Gasteiger partial charge on any atom is -0.489 e. The lowest BCUT2D eigenvalue weighted by molar-refractivity contribution is 0.245. The van der Waals surface area contributed by atoms with Gasteiger partial charge in [0.15, 0.2) is 0 Å². The van der Waals surface area contributed by atoms with Crippen LogP contribution >= 0.6 is 0 Å². The van der Waals surface area contributed by atoms with E-state index in [2.05, 4.69) is 4.98 Å². The van der Waals surface area contributed by atoms with E-state index in [-0.39, 0.29) is 6.10 Å². The number of nitrogen functional groups attached to an aromatic ring is 1. The Hall–Kier alpha value is -1.77. The van der Waals surface area contributed by atoms with Crippen LogP contribution in [0, 0.1) is 0 Å². The Morgan fingerprint density at radius 3 is 2.73 bits per heavy atom. The Kier molecular flexibility index (Phi) is 2.46. The number of rotatable bonds is 2. The Morgan fingerprint density at radius 2 is 2.00 bits per heavy atom. The molecule has 3 heteroatoms. The van der Waals surface area contributed by atoms with Gasteiger partial charge in [0.05, 0.1) is 6.10 Å². The molecule has 0 saturated heterocycles. The molecule has 2 rings (SSSR count). The van der Waals surface area contributed by atoms with Gasteiger partial charge in [0.2, 0.25) is 0 Å². The molecular formula is C12H14N2O. The monoisotopic (exact) mass is 202 g/mol. The molecule has 0 amide bonds. The molecule has 0 fully saturated rings. The Bertz CT molecular complexity index is 480. The highest BCUT2D eigenvalue weighted by atomic mass is 16.5. The van der Waals surface area contributed by atoms with E-state index in [1.54, 1.807) is 6.07 Å². The molecule has 0 unspecified atom stereocenters. The van der Waals surface area contributed by atoms with Gasteiger partial charge in [-0.25, -0.2) is 4.98 Å². The van der Waals surface area contributed by atoms with Crippen molar-refractivity contribution >= 4 is 16.7 Å². The first-order valence-electron chi connectivity index (χ1n) is 4.99. The molecule has 0 atom stereocenters. The fourth-order valence-electron chi connectivity index (χ4n) is 1.48. The second-order valence-electron chi connectivity index (χ2n) is 3.73. The maximum atomic E-state index is 5.66. The van der Waals surface area contributed by atoms with Crippen LogP contribution in [0.1, 0.15) is 13.8 Å². The SMILES string of the molecule is CC(C)Oc1cccc2ccc(N)nc12. The highest BCUT2D eigenvalue weighted by Crippen LogP contribution is 2.25. The first-order valence-corrected chi connectivity index (χ1v) is 4.99. The van der Waals surface area contributed by atoms with E-state index in [1.165, 1.54) is 0 Å². The van der Waals surface area contributed by atoms with Crippen molar-refractivity contribution in [1.29, 1.82) is 0 Å². The second kappa shape index (κ2) is 3.77.